The summed E-state index contributed by atoms with van der Waals surface area (Å²) in [5.74, 6) is 0. The summed E-state index contributed by atoms with van der Waals surface area (Å²) in [4.78, 5) is 13.3. The highest BCUT2D eigenvalue weighted by molar-refractivity contribution is 5.68. The van der Waals surface area contributed by atoms with Gasteiger partial charge in [-0.3, -0.25) is 0 Å². The Morgan fingerprint density at radius 2 is 2.29 bits per heavy atom. The lowest BCUT2D eigenvalue weighted by molar-refractivity contribution is 0.0742. The van der Waals surface area contributed by atoms with E-state index in [1.54, 1.807) is 4.90 Å². The Hall–Kier alpha value is -0.770. The van der Waals surface area contributed by atoms with Crippen molar-refractivity contribution in [3.8, 4) is 0 Å². The van der Waals surface area contributed by atoms with Crippen LogP contribution in [-0.4, -0.2) is 41.9 Å². The van der Waals surface area contributed by atoms with Crippen molar-refractivity contribution in [2.75, 3.05) is 19.8 Å². The highest BCUT2D eigenvalue weighted by atomic mass is 16.6. The lowest BCUT2D eigenvalue weighted by atomic mass is 10.1. The molecule has 1 saturated heterocycles. The number of hydrogen-bond donors (Lipinski definition) is 1. The third-order valence-electron chi connectivity index (χ3n) is 2.60. The molecule has 1 fully saturated rings. The van der Waals surface area contributed by atoms with Crippen molar-refractivity contribution < 1.29 is 14.6 Å². The number of carbonyl (C=O) groups is 1. The molecule has 1 heterocycles. The molecule has 0 radical (unpaired) electrons. The lowest BCUT2D eigenvalue weighted by Crippen LogP contribution is -2.39. The molecule has 1 atom stereocenters. The van der Waals surface area contributed by atoms with Crippen LogP contribution >= 0.6 is 0 Å². The normalized spacial score (nSPS) is 23.0. The summed E-state index contributed by atoms with van der Waals surface area (Å²) < 4.78 is 4.89. The summed E-state index contributed by atoms with van der Waals surface area (Å²) in [5, 5.41) is 8.54. The number of likely N-dealkylation sites (tertiary alicyclic amines) is 1. The third-order valence-corrected chi connectivity index (χ3v) is 2.60. The molecular weight excluding hydrogens is 182 g/mol. The zero-order valence-corrected chi connectivity index (χ0v) is 8.74. The van der Waals surface area contributed by atoms with Crippen LogP contribution < -0.4 is 0 Å². The quantitative estimate of drug-likeness (QED) is 0.734. The van der Waals surface area contributed by atoms with E-state index in [9.17, 15) is 4.79 Å². The van der Waals surface area contributed by atoms with Gasteiger partial charge in [0.25, 0.3) is 0 Å². The van der Waals surface area contributed by atoms with Gasteiger partial charge in [0.15, 0.2) is 0 Å². The summed E-state index contributed by atoms with van der Waals surface area (Å²) in [6, 6.07) is 0.267. The molecule has 0 aliphatic carbocycles. The van der Waals surface area contributed by atoms with E-state index in [0.29, 0.717) is 0 Å². The fraction of sp³-hybridized carbons (Fsp3) is 0.900. The average molecular weight is 201 g/mol. The van der Waals surface area contributed by atoms with E-state index in [1.807, 2.05) is 6.92 Å². The van der Waals surface area contributed by atoms with Crippen LogP contribution in [0.1, 0.15) is 32.6 Å². The number of hydrogen-bond acceptors (Lipinski definition) is 3. The zero-order valence-electron chi connectivity index (χ0n) is 8.74. The predicted octanol–water partition coefficient (Wildman–Crippen LogP) is 1.38. The third kappa shape index (κ3) is 3.18. The molecule has 0 aromatic rings. The van der Waals surface area contributed by atoms with Crippen LogP contribution in [-0.2, 0) is 4.74 Å². The number of amides is 1. The minimum absolute atomic E-state index is 0.0993. The molecule has 1 aliphatic heterocycles. The van der Waals surface area contributed by atoms with Gasteiger partial charge < -0.3 is 14.7 Å². The van der Waals surface area contributed by atoms with Crippen molar-refractivity contribution >= 4 is 6.09 Å². The highest BCUT2D eigenvalue weighted by Crippen LogP contribution is 2.16. The first-order valence-electron chi connectivity index (χ1n) is 5.30. The van der Waals surface area contributed by atoms with Crippen molar-refractivity contribution in [3.63, 3.8) is 0 Å². The Balaban J connectivity index is 2.41. The molecule has 4 heteroatoms. The predicted molar refractivity (Wildman–Crippen MR) is 53.1 cm³/mol. The first kappa shape index (κ1) is 11.3. The molecule has 82 valence electrons. The Labute approximate surface area is 84.8 Å². The monoisotopic (exact) mass is 201 g/mol. The van der Waals surface area contributed by atoms with Gasteiger partial charge in [0.2, 0.25) is 0 Å². The summed E-state index contributed by atoms with van der Waals surface area (Å²) in [6.07, 6.45) is 4.19. The van der Waals surface area contributed by atoms with Gasteiger partial charge in [0.05, 0.1) is 6.61 Å². The molecule has 1 rings (SSSR count). The molecule has 1 aliphatic rings. The van der Waals surface area contributed by atoms with Crippen LogP contribution in [0, 0.1) is 0 Å². The highest BCUT2D eigenvalue weighted by Gasteiger charge is 2.22. The van der Waals surface area contributed by atoms with Gasteiger partial charge in [0.1, 0.15) is 6.61 Å². The van der Waals surface area contributed by atoms with Gasteiger partial charge in [-0.25, -0.2) is 4.79 Å². The molecule has 0 spiro atoms. The number of nitrogens with zero attached hydrogens (tertiary/aromatic N) is 1. The van der Waals surface area contributed by atoms with E-state index in [-0.39, 0.29) is 25.3 Å². The van der Waals surface area contributed by atoms with Crippen molar-refractivity contribution in [2.24, 2.45) is 0 Å². The maximum Gasteiger partial charge on any atom is 0.410 e. The van der Waals surface area contributed by atoms with E-state index in [0.717, 1.165) is 19.4 Å². The number of rotatable bonds is 2. The molecule has 14 heavy (non-hydrogen) atoms. The maximum atomic E-state index is 11.5. The van der Waals surface area contributed by atoms with Crippen LogP contribution in [0.25, 0.3) is 0 Å². The van der Waals surface area contributed by atoms with E-state index < -0.39 is 0 Å². The minimum Gasteiger partial charge on any atom is -0.447 e. The van der Waals surface area contributed by atoms with Crippen molar-refractivity contribution in [1.82, 2.24) is 4.90 Å². The topological polar surface area (TPSA) is 49.8 Å². The number of aliphatic hydroxyl groups is 1. The molecule has 1 amide bonds. The van der Waals surface area contributed by atoms with E-state index in [1.165, 1.54) is 12.8 Å². The minimum atomic E-state index is -0.284. The second kappa shape index (κ2) is 5.86. The van der Waals surface area contributed by atoms with Gasteiger partial charge in [0, 0.05) is 12.6 Å². The smallest absolute Gasteiger partial charge is 0.410 e. The van der Waals surface area contributed by atoms with E-state index >= 15 is 0 Å². The number of aliphatic hydroxyl groups excluding tert-OH is 1. The second-order valence-electron chi connectivity index (χ2n) is 3.73. The summed E-state index contributed by atoms with van der Waals surface area (Å²) in [6.45, 7) is 2.83. The fourth-order valence-electron chi connectivity index (χ4n) is 1.76. The van der Waals surface area contributed by atoms with Gasteiger partial charge in [-0.1, -0.05) is 12.8 Å². The Morgan fingerprint density at radius 3 is 3.00 bits per heavy atom. The van der Waals surface area contributed by atoms with Gasteiger partial charge in [-0.2, -0.15) is 0 Å². The average Bonchev–Trinajstić information content (AvgIpc) is 2.39. The second-order valence-corrected chi connectivity index (χ2v) is 3.73. The van der Waals surface area contributed by atoms with Crippen molar-refractivity contribution in [1.29, 1.82) is 0 Å². The summed E-state index contributed by atoms with van der Waals surface area (Å²) in [5.41, 5.74) is 0. The van der Waals surface area contributed by atoms with Crippen LogP contribution in [0.2, 0.25) is 0 Å². The maximum absolute atomic E-state index is 11.5. The first-order valence-corrected chi connectivity index (χ1v) is 5.30. The van der Waals surface area contributed by atoms with E-state index in [2.05, 4.69) is 0 Å². The molecule has 4 nitrogen and oxygen atoms in total. The lowest BCUT2D eigenvalue weighted by Gasteiger charge is -2.25. The van der Waals surface area contributed by atoms with Gasteiger partial charge >= 0.3 is 6.09 Å². The van der Waals surface area contributed by atoms with Crippen LogP contribution in [0.5, 0.6) is 0 Å². The Kier molecular flexibility index (Phi) is 4.73. The molecular formula is C10H19NO3. The van der Waals surface area contributed by atoms with Crippen LogP contribution in [0.4, 0.5) is 4.79 Å². The molecule has 0 bridgehead atoms. The molecule has 1 unspecified atom stereocenters. The largest absolute Gasteiger partial charge is 0.447 e. The summed E-state index contributed by atoms with van der Waals surface area (Å²) >= 11 is 0. The molecule has 0 saturated carbocycles. The van der Waals surface area contributed by atoms with Crippen molar-refractivity contribution in [2.45, 2.75) is 38.6 Å². The van der Waals surface area contributed by atoms with Gasteiger partial charge in [-0.15, -0.1) is 0 Å². The van der Waals surface area contributed by atoms with E-state index in [4.69, 9.17) is 9.84 Å². The first-order chi connectivity index (χ1) is 6.75. The van der Waals surface area contributed by atoms with Gasteiger partial charge in [-0.05, 0) is 19.8 Å². The summed E-state index contributed by atoms with van der Waals surface area (Å²) in [7, 11) is 0. The standard InChI is InChI=1S/C10H19NO3/c1-9-5-3-2-4-6-11(9)10(13)14-8-7-12/h9,12H,2-8H2,1H3. The van der Waals surface area contributed by atoms with Crippen molar-refractivity contribution in [3.05, 3.63) is 0 Å². The number of ether oxygens (including phenoxy) is 1. The fourth-order valence-corrected chi connectivity index (χ4v) is 1.76. The molecule has 1 N–H and O–H groups in total. The van der Waals surface area contributed by atoms with Crippen LogP contribution in [0.3, 0.4) is 0 Å². The number of carbonyl (C=O) groups excluding carboxylic acids is 1. The molecule has 0 aromatic carbocycles. The SMILES string of the molecule is CC1CCCCCN1C(=O)OCCO. The molecule has 0 aromatic heterocycles. The Morgan fingerprint density at radius 1 is 1.50 bits per heavy atom. The van der Waals surface area contributed by atoms with Crippen LogP contribution in [0.15, 0.2) is 0 Å². The Bertz CT molecular complexity index is 184. The zero-order chi connectivity index (χ0) is 10.4.